The second kappa shape index (κ2) is 9.55. The van der Waals surface area contributed by atoms with Crippen LogP contribution in [-0.4, -0.2) is 20.2 Å². The van der Waals surface area contributed by atoms with Crippen LogP contribution < -0.4 is 15.6 Å². The van der Waals surface area contributed by atoms with Gasteiger partial charge in [-0.05, 0) is 48.7 Å². The van der Waals surface area contributed by atoms with E-state index >= 15 is 0 Å². The predicted octanol–water partition coefficient (Wildman–Crippen LogP) is 2.86. The Morgan fingerprint density at radius 1 is 0.742 bits per heavy atom. The van der Waals surface area contributed by atoms with Crippen molar-refractivity contribution in [3.63, 3.8) is 0 Å². The maximum atomic E-state index is 12.7. The SMILES string of the molecule is Cc1ccccc1C(=O)NNC(=O)c1cc(S(=O)(=O)NCc2ccccc2)ccc1C. The average molecular weight is 438 g/mol. The third-order valence-electron chi connectivity index (χ3n) is 4.75. The van der Waals surface area contributed by atoms with E-state index in [4.69, 9.17) is 0 Å². The van der Waals surface area contributed by atoms with Gasteiger partial charge in [0.25, 0.3) is 11.8 Å². The molecule has 31 heavy (non-hydrogen) atoms. The molecule has 7 nitrogen and oxygen atoms in total. The number of carbonyl (C=O) groups excluding carboxylic acids is 2. The topological polar surface area (TPSA) is 104 Å². The number of nitrogens with one attached hydrogen (secondary N) is 3. The molecule has 0 heterocycles. The van der Waals surface area contributed by atoms with Crippen molar-refractivity contribution in [3.05, 3.63) is 101 Å². The molecule has 0 aliphatic carbocycles. The Balaban J connectivity index is 1.71. The molecule has 0 fully saturated rings. The lowest BCUT2D eigenvalue weighted by molar-refractivity contribution is 0.0846. The smallest absolute Gasteiger partial charge is 0.267 e. The molecular formula is C23H23N3O4S. The minimum atomic E-state index is -3.83. The minimum absolute atomic E-state index is 0.0376. The van der Waals surface area contributed by atoms with Crippen LogP contribution in [0.5, 0.6) is 0 Å². The highest BCUT2D eigenvalue weighted by atomic mass is 32.2. The van der Waals surface area contributed by atoms with Gasteiger partial charge in [-0.25, -0.2) is 13.1 Å². The highest BCUT2D eigenvalue weighted by Crippen LogP contribution is 2.16. The molecule has 0 bridgehead atoms. The highest BCUT2D eigenvalue weighted by Gasteiger charge is 2.18. The number of carbonyl (C=O) groups is 2. The molecule has 160 valence electrons. The summed E-state index contributed by atoms with van der Waals surface area (Å²) in [6.07, 6.45) is 0. The van der Waals surface area contributed by atoms with Crippen LogP contribution in [0, 0.1) is 13.8 Å². The van der Waals surface area contributed by atoms with E-state index in [1.807, 2.05) is 36.4 Å². The van der Waals surface area contributed by atoms with Crippen molar-refractivity contribution in [2.75, 3.05) is 0 Å². The fraction of sp³-hybridized carbons (Fsp3) is 0.130. The minimum Gasteiger partial charge on any atom is -0.267 e. The normalized spacial score (nSPS) is 11.0. The van der Waals surface area contributed by atoms with Crippen molar-refractivity contribution in [1.29, 1.82) is 0 Å². The first kappa shape index (κ1) is 22.2. The summed E-state index contributed by atoms with van der Waals surface area (Å²) in [5, 5.41) is 0. The molecule has 0 aliphatic rings. The van der Waals surface area contributed by atoms with Crippen LogP contribution in [0.25, 0.3) is 0 Å². The van der Waals surface area contributed by atoms with E-state index in [1.54, 1.807) is 38.1 Å². The summed E-state index contributed by atoms with van der Waals surface area (Å²) >= 11 is 0. The lowest BCUT2D eigenvalue weighted by Crippen LogP contribution is -2.42. The molecule has 8 heteroatoms. The van der Waals surface area contributed by atoms with Gasteiger partial charge in [0.05, 0.1) is 4.90 Å². The molecule has 3 rings (SSSR count). The summed E-state index contributed by atoms with van der Waals surface area (Å²) in [5.74, 6) is -1.07. The summed E-state index contributed by atoms with van der Waals surface area (Å²) in [6, 6.07) is 20.4. The van der Waals surface area contributed by atoms with E-state index in [2.05, 4.69) is 15.6 Å². The van der Waals surface area contributed by atoms with E-state index in [9.17, 15) is 18.0 Å². The van der Waals surface area contributed by atoms with Gasteiger partial charge < -0.3 is 0 Å². The van der Waals surface area contributed by atoms with Gasteiger partial charge in [-0.1, -0.05) is 54.6 Å². The summed E-state index contributed by atoms with van der Waals surface area (Å²) < 4.78 is 27.9. The molecular weight excluding hydrogens is 414 g/mol. The number of hydrogen-bond acceptors (Lipinski definition) is 4. The highest BCUT2D eigenvalue weighted by molar-refractivity contribution is 7.89. The Morgan fingerprint density at radius 2 is 1.32 bits per heavy atom. The summed E-state index contributed by atoms with van der Waals surface area (Å²) in [5.41, 5.74) is 7.45. The zero-order valence-electron chi connectivity index (χ0n) is 17.2. The molecule has 3 aromatic rings. The Hall–Kier alpha value is -3.49. The zero-order chi connectivity index (χ0) is 22.4. The first-order valence-electron chi connectivity index (χ1n) is 9.58. The van der Waals surface area contributed by atoms with Crippen molar-refractivity contribution in [2.24, 2.45) is 0 Å². The van der Waals surface area contributed by atoms with Crippen molar-refractivity contribution in [2.45, 2.75) is 25.3 Å². The summed E-state index contributed by atoms with van der Waals surface area (Å²) in [6.45, 7) is 3.61. The quantitative estimate of drug-likeness (QED) is 0.516. The van der Waals surface area contributed by atoms with Gasteiger partial charge >= 0.3 is 0 Å². The molecule has 0 unspecified atom stereocenters. The van der Waals surface area contributed by atoms with E-state index in [1.165, 1.54) is 12.1 Å². The Bertz CT molecular complexity index is 1210. The monoisotopic (exact) mass is 437 g/mol. The third kappa shape index (κ3) is 5.56. The van der Waals surface area contributed by atoms with Gasteiger partial charge in [0.1, 0.15) is 0 Å². The van der Waals surface area contributed by atoms with E-state index < -0.39 is 21.8 Å². The molecule has 0 aliphatic heterocycles. The van der Waals surface area contributed by atoms with Gasteiger partial charge in [0.15, 0.2) is 0 Å². The van der Waals surface area contributed by atoms with Gasteiger partial charge in [0.2, 0.25) is 10.0 Å². The van der Waals surface area contributed by atoms with Crippen molar-refractivity contribution in [1.82, 2.24) is 15.6 Å². The van der Waals surface area contributed by atoms with E-state index in [0.717, 1.165) is 11.1 Å². The van der Waals surface area contributed by atoms with Crippen molar-refractivity contribution < 1.29 is 18.0 Å². The molecule has 3 N–H and O–H groups in total. The van der Waals surface area contributed by atoms with Crippen LogP contribution >= 0.6 is 0 Å². The lowest BCUT2D eigenvalue weighted by Gasteiger charge is -2.12. The molecule has 2 amide bonds. The molecule has 0 atom stereocenters. The molecule has 0 spiro atoms. The van der Waals surface area contributed by atoms with E-state index in [0.29, 0.717) is 11.1 Å². The Morgan fingerprint density at radius 3 is 2.00 bits per heavy atom. The van der Waals surface area contributed by atoms with Gasteiger partial charge in [0, 0.05) is 17.7 Å². The number of sulfonamides is 1. The average Bonchev–Trinajstić information content (AvgIpc) is 2.77. The zero-order valence-corrected chi connectivity index (χ0v) is 18.0. The van der Waals surface area contributed by atoms with Crippen LogP contribution in [0.1, 0.15) is 37.4 Å². The Kier molecular flexibility index (Phi) is 6.84. The summed E-state index contributed by atoms with van der Waals surface area (Å²) in [4.78, 5) is 24.9. The Labute approximate surface area is 181 Å². The van der Waals surface area contributed by atoms with E-state index in [-0.39, 0.29) is 17.0 Å². The maximum Gasteiger partial charge on any atom is 0.270 e. The predicted molar refractivity (Wildman–Crippen MR) is 118 cm³/mol. The van der Waals surface area contributed by atoms with Crippen LogP contribution in [0.4, 0.5) is 0 Å². The number of rotatable bonds is 6. The second-order valence-corrected chi connectivity index (χ2v) is 8.78. The largest absolute Gasteiger partial charge is 0.270 e. The van der Waals surface area contributed by atoms with Crippen LogP contribution in [0.3, 0.4) is 0 Å². The van der Waals surface area contributed by atoms with Crippen LogP contribution in [0.15, 0.2) is 77.7 Å². The van der Waals surface area contributed by atoms with Crippen molar-refractivity contribution >= 4 is 21.8 Å². The number of amides is 2. The standard InChI is InChI=1S/C23H23N3O4S/c1-16-8-6-7-11-20(16)22(27)25-26-23(28)21-14-19(13-12-17(21)2)31(29,30)24-15-18-9-4-3-5-10-18/h3-14,24H,15H2,1-2H3,(H,25,27)(H,26,28). The van der Waals surface area contributed by atoms with Gasteiger partial charge in [-0.3, -0.25) is 20.4 Å². The number of hydrogen-bond donors (Lipinski definition) is 3. The van der Waals surface area contributed by atoms with Gasteiger partial charge in [-0.2, -0.15) is 0 Å². The number of hydrazine groups is 1. The van der Waals surface area contributed by atoms with Crippen LogP contribution in [-0.2, 0) is 16.6 Å². The fourth-order valence-corrected chi connectivity index (χ4v) is 3.99. The maximum absolute atomic E-state index is 12.7. The van der Waals surface area contributed by atoms with Gasteiger partial charge in [-0.15, -0.1) is 0 Å². The lowest BCUT2D eigenvalue weighted by atomic mass is 10.1. The first-order chi connectivity index (χ1) is 14.8. The number of aryl methyl sites for hydroxylation is 2. The number of benzene rings is 3. The molecule has 0 saturated carbocycles. The fourth-order valence-electron chi connectivity index (χ4n) is 2.95. The first-order valence-corrected chi connectivity index (χ1v) is 11.1. The molecule has 0 saturated heterocycles. The molecule has 0 radical (unpaired) electrons. The summed E-state index contributed by atoms with van der Waals surface area (Å²) in [7, 11) is -3.83. The third-order valence-corrected chi connectivity index (χ3v) is 6.15. The second-order valence-electron chi connectivity index (χ2n) is 7.01. The molecule has 0 aromatic heterocycles. The van der Waals surface area contributed by atoms with Crippen LogP contribution in [0.2, 0.25) is 0 Å². The van der Waals surface area contributed by atoms with Crippen molar-refractivity contribution in [3.8, 4) is 0 Å². The molecule has 3 aromatic carbocycles.